The second-order valence-electron chi connectivity index (χ2n) is 10.1. The normalized spacial score (nSPS) is 24.8. The van der Waals surface area contributed by atoms with Crippen LogP contribution in [0.15, 0.2) is 18.2 Å². The zero-order valence-electron chi connectivity index (χ0n) is 20.2. The molecule has 0 aliphatic carbocycles. The number of amides is 2. The third kappa shape index (κ3) is 4.64. The first kappa shape index (κ1) is 25.1. The first-order valence-electron chi connectivity index (χ1n) is 11.1. The van der Waals surface area contributed by atoms with E-state index >= 15 is 0 Å². The Morgan fingerprint density at radius 3 is 2.60 bits per heavy atom. The average Bonchev–Trinajstić information content (AvgIpc) is 3.35. The van der Waals surface area contributed by atoms with Crippen molar-refractivity contribution >= 4 is 35.5 Å². The SMILES string of the molecule is CC(C)(C)C(=O)OCOC(=O)[C@@H]1N2C(=O)C(NC(=O)C(N)c3ccc4c(c3)OCO4)[C@H]2SC1(C)C. The van der Waals surface area contributed by atoms with Gasteiger partial charge >= 0.3 is 11.9 Å². The highest BCUT2D eigenvalue weighted by atomic mass is 32.2. The number of β-lactam (4-membered cyclic amide) rings is 1. The van der Waals surface area contributed by atoms with Gasteiger partial charge in [0.2, 0.25) is 25.4 Å². The molecule has 0 saturated carbocycles. The lowest BCUT2D eigenvalue weighted by Crippen LogP contribution is -2.71. The lowest BCUT2D eigenvalue weighted by atomic mass is 9.95. The number of rotatable bonds is 6. The predicted octanol–water partition coefficient (Wildman–Crippen LogP) is 1.05. The second kappa shape index (κ2) is 8.90. The molecule has 2 fully saturated rings. The van der Waals surface area contributed by atoms with Crippen molar-refractivity contribution in [1.29, 1.82) is 0 Å². The van der Waals surface area contributed by atoms with Gasteiger partial charge in [-0.15, -0.1) is 11.8 Å². The fourth-order valence-electron chi connectivity index (χ4n) is 4.06. The van der Waals surface area contributed by atoms with Crippen LogP contribution < -0.4 is 20.5 Å². The number of thioether (sulfide) groups is 1. The van der Waals surface area contributed by atoms with Crippen LogP contribution in [0.25, 0.3) is 0 Å². The molecule has 2 unspecified atom stereocenters. The number of fused-ring (bicyclic) bond motifs is 2. The quantitative estimate of drug-likeness (QED) is 0.325. The molecule has 0 bridgehead atoms. The summed E-state index contributed by atoms with van der Waals surface area (Å²) in [7, 11) is 0. The fourth-order valence-corrected chi connectivity index (χ4v) is 5.68. The van der Waals surface area contributed by atoms with Gasteiger partial charge in [-0.2, -0.15) is 0 Å². The molecule has 4 atom stereocenters. The van der Waals surface area contributed by atoms with Gasteiger partial charge in [0.1, 0.15) is 23.5 Å². The summed E-state index contributed by atoms with van der Waals surface area (Å²) in [6, 6.07) is 2.22. The Morgan fingerprint density at radius 2 is 1.91 bits per heavy atom. The first-order chi connectivity index (χ1) is 16.3. The monoisotopic (exact) mass is 507 g/mol. The van der Waals surface area contributed by atoms with E-state index < -0.39 is 64.2 Å². The molecule has 1 aromatic rings. The van der Waals surface area contributed by atoms with E-state index in [-0.39, 0.29) is 6.79 Å². The van der Waals surface area contributed by atoms with Gasteiger partial charge in [0, 0.05) is 4.75 Å². The van der Waals surface area contributed by atoms with Crippen molar-refractivity contribution in [3.8, 4) is 11.5 Å². The number of carbonyl (C=O) groups is 4. The number of benzene rings is 1. The number of hydrogen-bond acceptors (Lipinski definition) is 10. The van der Waals surface area contributed by atoms with Gasteiger partial charge in [-0.1, -0.05) is 6.07 Å². The number of nitrogens with two attached hydrogens (primary N) is 1. The highest BCUT2D eigenvalue weighted by Crippen LogP contribution is 2.51. The summed E-state index contributed by atoms with van der Waals surface area (Å²) in [6.45, 7) is 8.24. The topological polar surface area (TPSA) is 146 Å². The third-order valence-electron chi connectivity index (χ3n) is 6.00. The molecule has 2 amide bonds. The third-order valence-corrected chi connectivity index (χ3v) is 7.58. The summed E-state index contributed by atoms with van der Waals surface area (Å²) in [5.41, 5.74) is 5.90. The van der Waals surface area contributed by atoms with Gasteiger partial charge < -0.3 is 34.9 Å². The van der Waals surface area contributed by atoms with Gasteiger partial charge in [0.25, 0.3) is 0 Å². The van der Waals surface area contributed by atoms with E-state index in [4.69, 9.17) is 24.7 Å². The van der Waals surface area contributed by atoms with Crippen LogP contribution in [0.3, 0.4) is 0 Å². The van der Waals surface area contributed by atoms with E-state index in [2.05, 4.69) is 5.32 Å². The number of carbonyl (C=O) groups excluding carboxylic acids is 4. The molecule has 11 nitrogen and oxygen atoms in total. The Kier molecular flexibility index (Phi) is 6.39. The van der Waals surface area contributed by atoms with Crippen molar-refractivity contribution < 1.29 is 38.1 Å². The molecule has 2 saturated heterocycles. The molecule has 12 heteroatoms. The summed E-state index contributed by atoms with van der Waals surface area (Å²) >= 11 is 1.38. The van der Waals surface area contributed by atoms with E-state index in [1.165, 1.54) is 16.7 Å². The maximum atomic E-state index is 12.9. The van der Waals surface area contributed by atoms with Crippen molar-refractivity contribution in [3.05, 3.63) is 23.8 Å². The maximum Gasteiger partial charge on any atom is 0.333 e. The average molecular weight is 508 g/mol. The molecular weight excluding hydrogens is 478 g/mol. The highest BCUT2D eigenvalue weighted by molar-refractivity contribution is 8.01. The van der Waals surface area contributed by atoms with Crippen molar-refractivity contribution in [3.63, 3.8) is 0 Å². The van der Waals surface area contributed by atoms with Gasteiger partial charge in [0.05, 0.1) is 5.41 Å². The molecule has 3 N–H and O–H groups in total. The number of ether oxygens (including phenoxy) is 4. The van der Waals surface area contributed by atoms with Gasteiger partial charge in [0.15, 0.2) is 11.5 Å². The molecule has 3 aliphatic heterocycles. The second-order valence-corrected chi connectivity index (χ2v) is 11.9. The number of esters is 2. The van der Waals surface area contributed by atoms with Crippen LogP contribution >= 0.6 is 11.8 Å². The Hall–Kier alpha value is -2.99. The molecule has 3 aliphatic rings. The molecule has 1 aromatic carbocycles. The first-order valence-corrected chi connectivity index (χ1v) is 12.0. The molecule has 0 spiro atoms. The van der Waals surface area contributed by atoms with E-state index in [0.29, 0.717) is 17.1 Å². The summed E-state index contributed by atoms with van der Waals surface area (Å²) in [6.07, 6.45) is 0. The maximum absolute atomic E-state index is 12.9. The zero-order chi connectivity index (χ0) is 25.7. The van der Waals surface area contributed by atoms with Crippen LogP contribution in [0.5, 0.6) is 11.5 Å². The van der Waals surface area contributed by atoms with Crippen molar-refractivity contribution in [1.82, 2.24) is 10.2 Å². The van der Waals surface area contributed by atoms with E-state index in [1.54, 1.807) is 39.0 Å². The summed E-state index contributed by atoms with van der Waals surface area (Å²) in [5, 5.41) is 2.25. The van der Waals surface area contributed by atoms with Gasteiger partial charge in [-0.25, -0.2) is 4.79 Å². The van der Waals surface area contributed by atoms with E-state index in [1.807, 2.05) is 13.8 Å². The van der Waals surface area contributed by atoms with Crippen LogP contribution in [-0.4, -0.2) is 64.4 Å². The standard InChI is InChI=1S/C23H29N3O8S/c1-22(2,3)21(30)34-10-33-20(29)16-23(4,5)35-19-15(18(28)26(16)19)25-17(27)14(24)11-6-7-12-13(8-11)32-9-31-12/h6-8,14-16,19H,9-10,24H2,1-5H3,(H,25,27)/t14?,15?,16-,19+/m0/s1. The lowest BCUT2D eigenvalue weighted by Gasteiger charge is -2.44. The summed E-state index contributed by atoms with van der Waals surface area (Å²) in [4.78, 5) is 51.8. The van der Waals surface area contributed by atoms with Crippen LogP contribution in [0.4, 0.5) is 0 Å². The smallest absolute Gasteiger partial charge is 0.333 e. The zero-order valence-corrected chi connectivity index (χ0v) is 21.0. The van der Waals surface area contributed by atoms with E-state index in [0.717, 1.165) is 0 Å². The molecule has 4 rings (SSSR count). The Morgan fingerprint density at radius 1 is 1.23 bits per heavy atom. The number of nitrogens with one attached hydrogen (secondary N) is 1. The van der Waals surface area contributed by atoms with Crippen molar-refractivity contribution in [2.45, 2.75) is 62.9 Å². The van der Waals surface area contributed by atoms with Crippen LogP contribution in [-0.2, 0) is 28.7 Å². The minimum absolute atomic E-state index is 0.101. The Bertz CT molecular complexity index is 1070. The van der Waals surface area contributed by atoms with Crippen LogP contribution in [0.2, 0.25) is 0 Å². The molecule has 3 heterocycles. The van der Waals surface area contributed by atoms with Gasteiger partial charge in [-0.05, 0) is 52.3 Å². The molecule has 0 aromatic heterocycles. The Labute approximate surface area is 206 Å². The lowest BCUT2D eigenvalue weighted by molar-refractivity contribution is -0.180. The number of hydrogen-bond donors (Lipinski definition) is 2. The van der Waals surface area contributed by atoms with Crippen molar-refractivity contribution in [2.24, 2.45) is 11.1 Å². The fraction of sp³-hybridized carbons (Fsp3) is 0.565. The van der Waals surface area contributed by atoms with E-state index in [9.17, 15) is 19.2 Å². The summed E-state index contributed by atoms with van der Waals surface area (Å²) in [5.74, 6) is -1.05. The molecule has 35 heavy (non-hydrogen) atoms. The van der Waals surface area contributed by atoms with Crippen LogP contribution in [0, 0.1) is 5.41 Å². The highest BCUT2D eigenvalue weighted by Gasteiger charge is 2.64. The molecule has 190 valence electrons. The summed E-state index contributed by atoms with van der Waals surface area (Å²) < 4.78 is 20.1. The van der Waals surface area contributed by atoms with Crippen LogP contribution in [0.1, 0.15) is 46.2 Å². The molecule has 0 radical (unpaired) electrons. The number of nitrogens with zero attached hydrogens (tertiary/aromatic N) is 1. The largest absolute Gasteiger partial charge is 0.454 e. The Balaban J connectivity index is 1.37. The van der Waals surface area contributed by atoms with Gasteiger partial charge in [-0.3, -0.25) is 14.4 Å². The molecular formula is C23H29N3O8S. The minimum Gasteiger partial charge on any atom is -0.454 e. The predicted molar refractivity (Wildman–Crippen MR) is 124 cm³/mol. The minimum atomic E-state index is -1.02. The van der Waals surface area contributed by atoms with Crippen molar-refractivity contribution in [2.75, 3.05) is 13.6 Å².